The number of rotatable bonds is 6. The van der Waals surface area contributed by atoms with E-state index in [4.69, 9.17) is 14.2 Å². The molecule has 0 unspecified atom stereocenters. The Morgan fingerprint density at radius 1 is 1.17 bits per heavy atom. The van der Waals surface area contributed by atoms with Gasteiger partial charge in [-0.2, -0.15) is 0 Å². The van der Waals surface area contributed by atoms with E-state index in [9.17, 15) is 4.79 Å². The first-order valence-electron chi connectivity index (χ1n) is 7.02. The summed E-state index contributed by atoms with van der Waals surface area (Å²) in [7, 11) is 3.16. The lowest BCUT2D eigenvalue weighted by molar-refractivity contribution is -0.138. The molecular weight excluding hydrogens is 314 g/mol. The van der Waals surface area contributed by atoms with E-state index >= 15 is 0 Å². The van der Waals surface area contributed by atoms with Gasteiger partial charge < -0.3 is 14.2 Å². The van der Waals surface area contributed by atoms with Gasteiger partial charge in [0.25, 0.3) is 0 Å². The topological polar surface area (TPSA) is 57.7 Å². The van der Waals surface area contributed by atoms with Crippen LogP contribution in [-0.4, -0.2) is 25.2 Å². The Morgan fingerprint density at radius 2 is 1.83 bits per heavy atom. The van der Waals surface area contributed by atoms with Crippen molar-refractivity contribution in [2.75, 3.05) is 14.2 Å². The third-order valence-electron chi connectivity index (χ3n) is 3.13. The highest BCUT2D eigenvalue weighted by atomic mass is 32.1. The number of methoxy groups -OCH3 is 2. The van der Waals surface area contributed by atoms with Crippen LogP contribution in [0.15, 0.2) is 24.3 Å². The molecule has 0 saturated heterocycles. The standard InChI is InChI=1S/C17H19NO4S/c1-11-16(23-12(2)18-11)10-22-17(19)6-5-13-7-14(20-3)9-15(8-13)21-4/h5-9H,10H2,1-4H3/b6-5+. The maximum atomic E-state index is 11.8. The molecule has 1 aromatic heterocycles. The van der Waals surface area contributed by atoms with Crippen LogP contribution in [0.2, 0.25) is 0 Å². The highest BCUT2D eigenvalue weighted by Crippen LogP contribution is 2.23. The lowest BCUT2D eigenvalue weighted by atomic mass is 10.2. The molecule has 0 aliphatic carbocycles. The van der Waals surface area contributed by atoms with Gasteiger partial charge in [0.15, 0.2) is 0 Å². The molecule has 1 aromatic carbocycles. The first-order valence-corrected chi connectivity index (χ1v) is 7.84. The van der Waals surface area contributed by atoms with E-state index in [-0.39, 0.29) is 6.61 Å². The van der Waals surface area contributed by atoms with Crippen LogP contribution in [0.3, 0.4) is 0 Å². The van der Waals surface area contributed by atoms with Gasteiger partial charge in [-0.15, -0.1) is 11.3 Å². The van der Waals surface area contributed by atoms with E-state index < -0.39 is 5.97 Å². The van der Waals surface area contributed by atoms with E-state index in [1.807, 2.05) is 26.0 Å². The van der Waals surface area contributed by atoms with Gasteiger partial charge in [0.1, 0.15) is 18.1 Å². The van der Waals surface area contributed by atoms with Crippen molar-refractivity contribution >= 4 is 23.4 Å². The quantitative estimate of drug-likeness (QED) is 0.598. The first-order chi connectivity index (χ1) is 11.0. The van der Waals surface area contributed by atoms with Crippen LogP contribution in [0.5, 0.6) is 11.5 Å². The SMILES string of the molecule is COc1cc(/C=C/C(=O)OCc2sc(C)nc2C)cc(OC)c1. The number of esters is 1. The number of aryl methyl sites for hydroxylation is 2. The molecule has 0 spiro atoms. The minimum absolute atomic E-state index is 0.238. The summed E-state index contributed by atoms with van der Waals surface area (Å²) in [4.78, 5) is 17.1. The summed E-state index contributed by atoms with van der Waals surface area (Å²) in [6.45, 7) is 4.08. The zero-order valence-corrected chi connectivity index (χ0v) is 14.4. The van der Waals surface area contributed by atoms with Crippen LogP contribution < -0.4 is 9.47 Å². The van der Waals surface area contributed by atoms with Gasteiger partial charge in [-0.1, -0.05) is 0 Å². The van der Waals surface area contributed by atoms with Crippen molar-refractivity contribution in [2.45, 2.75) is 20.5 Å². The number of ether oxygens (including phenoxy) is 3. The second-order valence-corrected chi connectivity index (χ2v) is 6.12. The molecule has 0 aliphatic rings. The normalized spacial score (nSPS) is 10.8. The largest absolute Gasteiger partial charge is 0.497 e. The number of carbonyl (C=O) groups excluding carboxylic acids is 1. The fraction of sp³-hybridized carbons (Fsp3) is 0.294. The van der Waals surface area contributed by atoms with Crippen LogP contribution in [0.4, 0.5) is 0 Å². The van der Waals surface area contributed by atoms with Crippen molar-refractivity contribution in [3.63, 3.8) is 0 Å². The first kappa shape index (κ1) is 17.0. The van der Waals surface area contributed by atoms with Gasteiger partial charge in [0.2, 0.25) is 0 Å². The average Bonchev–Trinajstić information content (AvgIpc) is 2.88. The lowest BCUT2D eigenvalue weighted by Crippen LogP contribution is -2.00. The van der Waals surface area contributed by atoms with Gasteiger partial charge >= 0.3 is 5.97 Å². The molecule has 5 nitrogen and oxygen atoms in total. The fourth-order valence-corrected chi connectivity index (χ4v) is 2.83. The summed E-state index contributed by atoms with van der Waals surface area (Å²) in [5.74, 6) is 0.915. The number of benzene rings is 1. The van der Waals surface area contributed by atoms with Crippen LogP contribution in [0, 0.1) is 13.8 Å². The van der Waals surface area contributed by atoms with Gasteiger partial charge in [-0.3, -0.25) is 0 Å². The van der Waals surface area contributed by atoms with E-state index in [0.29, 0.717) is 11.5 Å². The molecule has 0 bridgehead atoms. The molecule has 6 heteroatoms. The van der Waals surface area contributed by atoms with E-state index in [1.165, 1.54) is 17.4 Å². The molecular formula is C17H19NO4S. The third kappa shape index (κ3) is 4.82. The van der Waals surface area contributed by atoms with Crippen molar-refractivity contribution in [3.05, 3.63) is 45.4 Å². The van der Waals surface area contributed by atoms with E-state index in [2.05, 4.69) is 4.98 Å². The Balaban J connectivity index is 1.99. The maximum Gasteiger partial charge on any atom is 0.331 e. The van der Waals surface area contributed by atoms with Crippen LogP contribution in [0.25, 0.3) is 6.08 Å². The summed E-state index contributed by atoms with van der Waals surface area (Å²) < 4.78 is 15.6. The molecule has 0 amide bonds. The van der Waals surface area contributed by atoms with Gasteiger partial charge in [-0.05, 0) is 37.6 Å². The van der Waals surface area contributed by atoms with Gasteiger partial charge in [0, 0.05) is 12.1 Å². The summed E-state index contributed by atoms with van der Waals surface area (Å²) in [6, 6.07) is 5.39. The molecule has 0 atom stereocenters. The Morgan fingerprint density at radius 3 is 2.35 bits per heavy atom. The van der Waals surface area contributed by atoms with Crippen molar-refractivity contribution in [2.24, 2.45) is 0 Å². The summed E-state index contributed by atoms with van der Waals surface area (Å²) in [5, 5.41) is 0.965. The van der Waals surface area contributed by atoms with E-state index in [1.54, 1.807) is 26.4 Å². The second kappa shape index (κ2) is 7.78. The minimum atomic E-state index is -0.405. The molecule has 23 heavy (non-hydrogen) atoms. The molecule has 122 valence electrons. The average molecular weight is 333 g/mol. The van der Waals surface area contributed by atoms with Crippen molar-refractivity contribution in [1.82, 2.24) is 4.98 Å². The Bertz CT molecular complexity index is 699. The van der Waals surface area contributed by atoms with Crippen molar-refractivity contribution < 1.29 is 19.0 Å². The lowest BCUT2D eigenvalue weighted by Gasteiger charge is -2.05. The Labute approximate surface area is 139 Å². The molecule has 0 aliphatic heterocycles. The number of hydrogen-bond donors (Lipinski definition) is 0. The number of carbonyl (C=O) groups is 1. The highest BCUT2D eigenvalue weighted by Gasteiger charge is 2.07. The zero-order chi connectivity index (χ0) is 16.8. The molecule has 0 N–H and O–H groups in total. The van der Waals surface area contributed by atoms with Gasteiger partial charge in [-0.25, -0.2) is 9.78 Å². The minimum Gasteiger partial charge on any atom is -0.497 e. The Hall–Kier alpha value is -2.34. The molecule has 0 radical (unpaired) electrons. The number of hydrogen-bond acceptors (Lipinski definition) is 6. The van der Waals surface area contributed by atoms with Crippen molar-refractivity contribution in [1.29, 1.82) is 0 Å². The van der Waals surface area contributed by atoms with Crippen molar-refractivity contribution in [3.8, 4) is 11.5 Å². The second-order valence-electron chi connectivity index (χ2n) is 4.83. The zero-order valence-electron chi connectivity index (χ0n) is 13.6. The molecule has 2 rings (SSSR count). The number of nitrogens with zero attached hydrogens (tertiary/aromatic N) is 1. The molecule has 1 heterocycles. The molecule has 0 fully saturated rings. The monoisotopic (exact) mass is 333 g/mol. The van der Waals surface area contributed by atoms with E-state index in [0.717, 1.165) is 21.1 Å². The molecule has 0 saturated carbocycles. The van der Waals surface area contributed by atoms with Crippen LogP contribution in [-0.2, 0) is 16.1 Å². The number of thiazole rings is 1. The molecule has 2 aromatic rings. The summed E-state index contributed by atoms with van der Waals surface area (Å²) >= 11 is 1.54. The predicted octanol–water partition coefficient (Wildman–Crippen LogP) is 3.53. The van der Waals surface area contributed by atoms with Crippen LogP contribution >= 0.6 is 11.3 Å². The number of aromatic nitrogens is 1. The van der Waals surface area contributed by atoms with Gasteiger partial charge in [0.05, 0.1) is 29.8 Å². The third-order valence-corrected chi connectivity index (χ3v) is 4.18. The smallest absolute Gasteiger partial charge is 0.331 e. The predicted molar refractivity (Wildman–Crippen MR) is 90.0 cm³/mol. The summed E-state index contributed by atoms with van der Waals surface area (Å²) in [6.07, 6.45) is 3.05. The Kier molecular flexibility index (Phi) is 5.76. The van der Waals surface area contributed by atoms with Crippen LogP contribution in [0.1, 0.15) is 21.1 Å². The highest BCUT2D eigenvalue weighted by molar-refractivity contribution is 7.11. The fourth-order valence-electron chi connectivity index (χ4n) is 1.98. The maximum absolute atomic E-state index is 11.8. The summed E-state index contributed by atoms with van der Waals surface area (Å²) in [5.41, 5.74) is 1.70.